The third kappa shape index (κ3) is 2.69. The molecule has 0 bridgehead atoms. The van der Waals surface area contributed by atoms with E-state index in [0.29, 0.717) is 24.0 Å². The van der Waals surface area contributed by atoms with Crippen LogP contribution in [0.1, 0.15) is 23.7 Å². The van der Waals surface area contributed by atoms with Crippen LogP contribution in [0.5, 0.6) is 5.75 Å². The zero-order valence-corrected chi connectivity index (χ0v) is 8.03. The molecule has 0 heterocycles. The largest absolute Gasteiger partial charge is 0.486 e. The van der Waals surface area contributed by atoms with Gasteiger partial charge >= 0.3 is 0 Å². The van der Waals surface area contributed by atoms with Crippen molar-refractivity contribution in [1.82, 2.24) is 0 Å². The predicted molar refractivity (Wildman–Crippen MR) is 52.6 cm³/mol. The first-order chi connectivity index (χ1) is 6.77. The van der Waals surface area contributed by atoms with E-state index in [1.54, 1.807) is 24.3 Å². The van der Waals surface area contributed by atoms with Gasteiger partial charge < -0.3 is 4.74 Å². The zero-order valence-electron chi connectivity index (χ0n) is 8.03. The number of hydrogen-bond donors (Lipinski definition) is 0. The SMILES string of the molecule is CCC(=O)c1ccc(OCC=O)cc1. The van der Waals surface area contributed by atoms with Crippen molar-refractivity contribution in [1.29, 1.82) is 0 Å². The number of aldehydes is 1. The van der Waals surface area contributed by atoms with E-state index in [1.807, 2.05) is 6.92 Å². The van der Waals surface area contributed by atoms with Crippen LogP contribution in [0.4, 0.5) is 0 Å². The topological polar surface area (TPSA) is 43.4 Å². The number of benzene rings is 1. The molecule has 1 rings (SSSR count). The van der Waals surface area contributed by atoms with E-state index in [-0.39, 0.29) is 12.4 Å². The van der Waals surface area contributed by atoms with Crippen molar-refractivity contribution in [3.05, 3.63) is 29.8 Å². The van der Waals surface area contributed by atoms with Crippen LogP contribution in [-0.2, 0) is 4.79 Å². The Hall–Kier alpha value is -1.64. The third-order valence-electron chi connectivity index (χ3n) is 1.82. The summed E-state index contributed by atoms with van der Waals surface area (Å²) in [6.45, 7) is 1.86. The minimum atomic E-state index is 0.0427. The second kappa shape index (κ2) is 5.17. The smallest absolute Gasteiger partial charge is 0.162 e. The van der Waals surface area contributed by atoms with E-state index in [1.165, 1.54) is 0 Å². The van der Waals surface area contributed by atoms with Gasteiger partial charge in [-0.25, -0.2) is 0 Å². The maximum absolute atomic E-state index is 11.2. The molecule has 74 valence electrons. The molecule has 0 N–H and O–H groups in total. The molecule has 0 aliphatic carbocycles. The van der Waals surface area contributed by atoms with E-state index < -0.39 is 0 Å². The van der Waals surface area contributed by atoms with Crippen molar-refractivity contribution in [2.24, 2.45) is 0 Å². The van der Waals surface area contributed by atoms with Gasteiger partial charge in [0.1, 0.15) is 12.4 Å². The Balaban J connectivity index is 2.68. The number of rotatable bonds is 5. The molecule has 3 heteroatoms. The molecule has 0 fully saturated rings. The first-order valence-corrected chi connectivity index (χ1v) is 4.47. The van der Waals surface area contributed by atoms with Gasteiger partial charge in [-0.1, -0.05) is 6.92 Å². The Kier molecular flexibility index (Phi) is 3.85. The van der Waals surface area contributed by atoms with Gasteiger partial charge in [0.25, 0.3) is 0 Å². The van der Waals surface area contributed by atoms with E-state index in [4.69, 9.17) is 4.74 Å². The van der Waals surface area contributed by atoms with Crippen molar-refractivity contribution in [3.63, 3.8) is 0 Å². The molecule has 1 aromatic carbocycles. The summed E-state index contributed by atoms with van der Waals surface area (Å²) < 4.78 is 5.04. The van der Waals surface area contributed by atoms with E-state index >= 15 is 0 Å². The molecule has 0 amide bonds. The molecular formula is C11H12O3. The molecule has 1 aromatic rings. The molecule has 0 aromatic heterocycles. The maximum Gasteiger partial charge on any atom is 0.162 e. The molecule has 0 saturated heterocycles. The first-order valence-electron chi connectivity index (χ1n) is 4.47. The highest BCUT2D eigenvalue weighted by Gasteiger charge is 2.02. The van der Waals surface area contributed by atoms with Crippen LogP contribution < -0.4 is 4.74 Å². The summed E-state index contributed by atoms with van der Waals surface area (Å²) >= 11 is 0. The van der Waals surface area contributed by atoms with Crippen molar-refractivity contribution < 1.29 is 14.3 Å². The molecule has 0 aliphatic heterocycles. The van der Waals surface area contributed by atoms with Gasteiger partial charge in [-0.2, -0.15) is 0 Å². The summed E-state index contributed by atoms with van der Waals surface area (Å²) in [6, 6.07) is 6.77. The Morgan fingerprint density at radius 3 is 2.50 bits per heavy atom. The average molecular weight is 192 g/mol. The molecule has 3 nitrogen and oxygen atoms in total. The lowest BCUT2D eigenvalue weighted by molar-refractivity contribution is -0.109. The van der Waals surface area contributed by atoms with Crippen LogP contribution in [0.2, 0.25) is 0 Å². The standard InChI is InChI=1S/C11H12O3/c1-2-11(13)9-3-5-10(6-4-9)14-8-7-12/h3-7H,2,8H2,1H3. The fraction of sp³-hybridized carbons (Fsp3) is 0.273. The van der Waals surface area contributed by atoms with Crippen LogP contribution in [0, 0.1) is 0 Å². The summed E-state index contributed by atoms with van der Waals surface area (Å²) in [5, 5.41) is 0. The molecule has 0 spiro atoms. The van der Waals surface area contributed by atoms with Crippen LogP contribution in [0.15, 0.2) is 24.3 Å². The van der Waals surface area contributed by atoms with Gasteiger partial charge in [0.15, 0.2) is 12.1 Å². The molecular weight excluding hydrogens is 180 g/mol. The van der Waals surface area contributed by atoms with E-state index in [9.17, 15) is 9.59 Å². The maximum atomic E-state index is 11.2. The fourth-order valence-electron chi connectivity index (χ4n) is 1.07. The minimum absolute atomic E-state index is 0.0427. The fourth-order valence-corrected chi connectivity index (χ4v) is 1.07. The highest BCUT2D eigenvalue weighted by Crippen LogP contribution is 2.12. The second-order valence-electron chi connectivity index (χ2n) is 2.78. The van der Waals surface area contributed by atoms with Crippen molar-refractivity contribution in [2.45, 2.75) is 13.3 Å². The van der Waals surface area contributed by atoms with Gasteiger partial charge in [-0.3, -0.25) is 9.59 Å². The Labute approximate surface area is 82.7 Å². The highest BCUT2D eigenvalue weighted by molar-refractivity contribution is 5.95. The zero-order chi connectivity index (χ0) is 10.4. The Morgan fingerprint density at radius 2 is 2.00 bits per heavy atom. The van der Waals surface area contributed by atoms with E-state index in [2.05, 4.69) is 0 Å². The van der Waals surface area contributed by atoms with Crippen LogP contribution in [0.25, 0.3) is 0 Å². The summed E-state index contributed by atoms with van der Waals surface area (Å²) in [7, 11) is 0. The number of carbonyl (C=O) groups is 2. The monoisotopic (exact) mass is 192 g/mol. The van der Waals surface area contributed by atoms with E-state index in [0.717, 1.165) is 0 Å². The summed E-state index contributed by atoms with van der Waals surface area (Å²) in [5.74, 6) is 0.705. The third-order valence-corrected chi connectivity index (χ3v) is 1.82. The number of carbonyl (C=O) groups excluding carboxylic acids is 2. The Morgan fingerprint density at radius 1 is 1.36 bits per heavy atom. The van der Waals surface area contributed by atoms with Crippen LogP contribution >= 0.6 is 0 Å². The lowest BCUT2D eigenvalue weighted by atomic mass is 10.1. The Bertz CT molecular complexity index is 314. The molecule has 0 atom stereocenters. The number of ether oxygens (including phenoxy) is 1. The quantitative estimate of drug-likeness (QED) is 0.528. The summed E-state index contributed by atoms with van der Waals surface area (Å²) in [4.78, 5) is 21.3. The van der Waals surface area contributed by atoms with Crippen LogP contribution in [0.3, 0.4) is 0 Å². The van der Waals surface area contributed by atoms with Crippen molar-refractivity contribution in [2.75, 3.05) is 6.61 Å². The molecule has 14 heavy (non-hydrogen) atoms. The van der Waals surface area contributed by atoms with Crippen molar-refractivity contribution in [3.8, 4) is 5.75 Å². The molecule has 0 saturated carbocycles. The summed E-state index contributed by atoms with van der Waals surface area (Å²) in [6.07, 6.45) is 1.18. The first kappa shape index (κ1) is 10.4. The van der Waals surface area contributed by atoms with Gasteiger partial charge in [-0.15, -0.1) is 0 Å². The molecule has 0 aliphatic rings. The minimum Gasteiger partial charge on any atom is -0.486 e. The highest BCUT2D eigenvalue weighted by atomic mass is 16.5. The second-order valence-corrected chi connectivity index (χ2v) is 2.78. The van der Waals surface area contributed by atoms with Crippen LogP contribution in [-0.4, -0.2) is 18.7 Å². The lowest BCUT2D eigenvalue weighted by Gasteiger charge is -2.02. The predicted octanol–water partition coefficient (Wildman–Crippen LogP) is 1.86. The average Bonchev–Trinajstić information content (AvgIpc) is 2.26. The van der Waals surface area contributed by atoms with Gasteiger partial charge in [-0.05, 0) is 24.3 Å². The lowest BCUT2D eigenvalue weighted by Crippen LogP contribution is -1.99. The summed E-state index contributed by atoms with van der Waals surface area (Å²) in [5.41, 5.74) is 0.672. The number of ketones is 1. The number of Topliss-reactive ketones (excluding diaryl/α,β-unsaturated/α-hetero) is 1. The molecule has 0 unspecified atom stereocenters. The van der Waals surface area contributed by atoms with Crippen molar-refractivity contribution >= 4 is 12.1 Å². The normalized spacial score (nSPS) is 9.50. The number of hydrogen-bond acceptors (Lipinski definition) is 3. The molecule has 0 radical (unpaired) electrons. The van der Waals surface area contributed by atoms with Gasteiger partial charge in [0, 0.05) is 12.0 Å². The van der Waals surface area contributed by atoms with Gasteiger partial charge in [0.05, 0.1) is 0 Å². The van der Waals surface area contributed by atoms with Gasteiger partial charge in [0.2, 0.25) is 0 Å².